The molecule has 14 nitrogen and oxygen atoms in total. The van der Waals surface area contributed by atoms with Crippen molar-refractivity contribution in [2.24, 2.45) is 22.2 Å². The van der Waals surface area contributed by atoms with Crippen LogP contribution in [0.4, 0.5) is 4.79 Å². The van der Waals surface area contributed by atoms with Crippen LogP contribution in [0.1, 0.15) is 68.7 Å². The molecule has 0 radical (unpaired) electrons. The fraction of sp³-hybridized carbons (Fsp3) is 0.700. The van der Waals surface area contributed by atoms with E-state index in [-0.39, 0.29) is 30.1 Å². The topological polar surface area (TPSA) is 214 Å². The van der Waals surface area contributed by atoms with Gasteiger partial charge in [0, 0.05) is 19.5 Å². The molecule has 1 fully saturated rings. The van der Waals surface area contributed by atoms with Crippen LogP contribution in [0.15, 0.2) is 9.52 Å². The first-order valence-corrected chi connectivity index (χ1v) is 11.1. The minimum Gasteiger partial charge on any atom is -0.469 e. The maximum Gasteiger partial charge on any atom is 0.328 e. The van der Waals surface area contributed by atoms with E-state index in [9.17, 15) is 14.4 Å². The Morgan fingerprint density at radius 2 is 2.00 bits per heavy atom. The second-order valence-corrected chi connectivity index (χ2v) is 7.89. The normalized spacial score (nSPS) is 17.0. The molecule has 2 amide bonds. The van der Waals surface area contributed by atoms with Crippen LogP contribution in [-0.4, -0.2) is 72.3 Å². The number of nitrogens with zero attached hydrogens (tertiary/aromatic N) is 4. The van der Waals surface area contributed by atoms with E-state index < -0.39 is 30.1 Å². The Morgan fingerprint density at radius 3 is 2.68 bits per heavy atom. The Bertz CT molecular complexity index is 856. The summed E-state index contributed by atoms with van der Waals surface area (Å²) >= 11 is 0. The van der Waals surface area contributed by atoms with Gasteiger partial charge < -0.3 is 41.4 Å². The first kappa shape index (κ1) is 26.8. The first-order valence-electron chi connectivity index (χ1n) is 11.1. The van der Waals surface area contributed by atoms with E-state index in [1.54, 1.807) is 0 Å². The van der Waals surface area contributed by atoms with Crippen molar-refractivity contribution in [3.63, 3.8) is 0 Å². The molecule has 0 spiro atoms. The molecule has 190 valence electrons. The largest absolute Gasteiger partial charge is 0.469 e. The zero-order chi connectivity index (χ0) is 25.1. The number of ether oxygens (including phenoxy) is 2. The van der Waals surface area contributed by atoms with Crippen molar-refractivity contribution in [3.8, 4) is 0 Å². The summed E-state index contributed by atoms with van der Waals surface area (Å²) in [6.45, 7) is 0.768. The van der Waals surface area contributed by atoms with Gasteiger partial charge in [0.1, 0.15) is 12.1 Å². The van der Waals surface area contributed by atoms with Gasteiger partial charge in [0.15, 0.2) is 11.8 Å². The third-order valence-corrected chi connectivity index (χ3v) is 5.44. The number of methoxy groups -OCH3 is 2. The molecule has 1 aromatic heterocycles. The van der Waals surface area contributed by atoms with Crippen LogP contribution >= 0.6 is 0 Å². The predicted octanol–water partition coefficient (Wildman–Crippen LogP) is -0.146. The lowest BCUT2D eigenvalue weighted by Gasteiger charge is -2.25. The zero-order valence-corrected chi connectivity index (χ0v) is 19.6. The van der Waals surface area contributed by atoms with Crippen molar-refractivity contribution >= 4 is 23.9 Å². The van der Waals surface area contributed by atoms with E-state index in [1.807, 2.05) is 0 Å². The van der Waals surface area contributed by atoms with E-state index in [4.69, 9.17) is 26.5 Å². The third-order valence-electron chi connectivity index (χ3n) is 5.44. The number of aliphatic imine (C=N–C) groups is 1. The second-order valence-electron chi connectivity index (χ2n) is 7.89. The van der Waals surface area contributed by atoms with E-state index in [1.165, 1.54) is 19.1 Å². The SMILES string of the molecule is COC(=O)CCC[C@H](N)c1noc(C(CCCN=C(N)N)NC(=O)N2CCCC2C(=O)OC)n1. The summed E-state index contributed by atoms with van der Waals surface area (Å²) in [6, 6.07) is -2.29. The van der Waals surface area contributed by atoms with Gasteiger partial charge in [0.05, 0.1) is 20.3 Å². The highest BCUT2D eigenvalue weighted by molar-refractivity contribution is 5.84. The monoisotopic (exact) mass is 482 g/mol. The van der Waals surface area contributed by atoms with Crippen molar-refractivity contribution < 1.29 is 28.4 Å². The van der Waals surface area contributed by atoms with Crippen LogP contribution in [0.5, 0.6) is 0 Å². The van der Waals surface area contributed by atoms with Crippen molar-refractivity contribution in [3.05, 3.63) is 11.7 Å². The Hall–Kier alpha value is -3.42. The molecule has 2 rings (SSSR count). The molecule has 3 atom stereocenters. The number of amides is 2. The van der Waals surface area contributed by atoms with Crippen LogP contribution < -0.4 is 22.5 Å². The highest BCUT2D eigenvalue weighted by Gasteiger charge is 2.36. The Kier molecular flexibility index (Phi) is 10.5. The summed E-state index contributed by atoms with van der Waals surface area (Å²) in [4.78, 5) is 46.0. The molecule has 34 heavy (non-hydrogen) atoms. The minimum absolute atomic E-state index is 0.0309. The van der Waals surface area contributed by atoms with Crippen molar-refractivity contribution in [2.45, 2.75) is 63.1 Å². The lowest BCUT2D eigenvalue weighted by Crippen LogP contribution is -2.47. The molecule has 1 aliphatic rings. The Labute approximate surface area is 197 Å². The molecular weight excluding hydrogens is 448 g/mol. The van der Waals surface area contributed by atoms with Crippen LogP contribution in [-0.2, 0) is 19.1 Å². The van der Waals surface area contributed by atoms with E-state index in [2.05, 4.69) is 25.2 Å². The van der Waals surface area contributed by atoms with Gasteiger partial charge >= 0.3 is 18.0 Å². The van der Waals surface area contributed by atoms with Crippen molar-refractivity contribution in [1.82, 2.24) is 20.4 Å². The van der Waals surface area contributed by atoms with Gasteiger partial charge in [-0.2, -0.15) is 4.98 Å². The maximum atomic E-state index is 13.0. The van der Waals surface area contributed by atoms with Crippen LogP contribution in [0, 0.1) is 0 Å². The molecule has 0 saturated carbocycles. The highest BCUT2D eigenvalue weighted by Crippen LogP contribution is 2.23. The predicted molar refractivity (Wildman–Crippen MR) is 120 cm³/mol. The second kappa shape index (κ2) is 13.3. The molecule has 1 aromatic rings. The van der Waals surface area contributed by atoms with Gasteiger partial charge in [-0.25, -0.2) is 9.59 Å². The van der Waals surface area contributed by atoms with Crippen LogP contribution in [0.2, 0.25) is 0 Å². The molecule has 0 aromatic carbocycles. The lowest BCUT2D eigenvalue weighted by atomic mass is 10.1. The van der Waals surface area contributed by atoms with E-state index >= 15 is 0 Å². The molecule has 7 N–H and O–H groups in total. The summed E-state index contributed by atoms with van der Waals surface area (Å²) in [5.41, 5.74) is 16.9. The van der Waals surface area contributed by atoms with Gasteiger partial charge in [0.2, 0.25) is 5.89 Å². The Morgan fingerprint density at radius 1 is 1.24 bits per heavy atom. The number of urea groups is 1. The molecule has 2 heterocycles. The standard InChI is InChI=1S/C20H34N8O6/c1-32-15(29)9-3-6-12(21)16-26-17(34-27-16)13(7-4-10-24-19(22)23)25-20(31)28-11-5-8-14(28)18(30)33-2/h12-14H,3-11,21H2,1-2H3,(H,25,31)(H4,22,23,24)/t12-,13?,14?/m0/s1. The summed E-state index contributed by atoms with van der Waals surface area (Å²) < 4.78 is 14.8. The zero-order valence-electron chi connectivity index (χ0n) is 19.6. The first-order chi connectivity index (χ1) is 16.3. The number of likely N-dealkylation sites (tertiary alicyclic amines) is 1. The summed E-state index contributed by atoms with van der Waals surface area (Å²) in [5.74, 6) is -0.384. The molecule has 0 aliphatic carbocycles. The summed E-state index contributed by atoms with van der Waals surface area (Å²) in [7, 11) is 2.61. The molecule has 2 unspecified atom stereocenters. The van der Waals surface area contributed by atoms with Gasteiger partial charge in [-0.05, 0) is 38.5 Å². The molecule has 1 saturated heterocycles. The smallest absolute Gasteiger partial charge is 0.328 e. The molecule has 1 aliphatic heterocycles. The number of guanidine groups is 1. The van der Waals surface area contributed by atoms with Gasteiger partial charge in [0.25, 0.3) is 0 Å². The number of carbonyl (C=O) groups is 3. The molecule has 0 bridgehead atoms. The maximum absolute atomic E-state index is 13.0. The Balaban J connectivity index is 2.08. The number of esters is 2. The van der Waals surface area contributed by atoms with Crippen LogP contribution in [0.25, 0.3) is 0 Å². The van der Waals surface area contributed by atoms with E-state index in [0.717, 1.165) is 0 Å². The average molecular weight is 483 g/mol. The number of carbonyl (C=O) groups excluding carboxylic acids is 3. The molecule has 14 heteroatoms. The molecular formula is C20H34N8O6. The average Bonchev–Trinajstić information content (AvgIpc) is 3.50. The quantitative estimate of drug-likeness (QED) is 0.133. The fourth-order valence-corrected chi connectivity index (χ4v) is 3.62. The van der Waals surface area contributed by atoms with E-state index in [0.29, 0.717) is 51.6 Å². The van der Waals surface area contributed by atoms with Gasteiger partial charge in [-0.1, -0.05) is 5.16 Å². The third kappa shape index (κ3) is 7.86. The minimum atomic E-state index is -0.649. The number of hydrogen-bond donors (Lipinski definition) is 4. The fourth-order valence-electron chi connectivity index (χ4n) is 3.62. The lowest BCUT2D eigenvalue weighted by molar-refractivity contribution is -0.145. The van der Waals surface area contributed by atoms with Gasteiger partial charge in [-0.15, -0.1) is 0 Å². The number of aromatic nitrogens is 2. The van der Waals surface area contributed by atoms with Crippen molar-refractivity contribution in [2.75, 3.05) is 27.3 Å². The highest BCUT2D eigenvalue weighted by atomic mass is 16.5. The number of nitrogens with two attached hydrogens (primary N) is 3. The summed E-state index contributed by atoms with van der Waals surface area (Å²) in [5, 5.41) is 6.80. The van der Waals surface area contributed by atoms with Crippen molar-refractivity contribution in [1.29, 1.82) is 0 Å². The van der Waals surface area contributed by atoms with Crippen LogP contribution in [0.3, 0.4) is 0 Å². The number of nitrogens with one attached hydrogen (secondary N) is 1. The van der Waals surface area contributed by atoms with Gasteiger partial charge in [-0.3, -0.25) is 9.79 Å². The number of rotatable bonds is 12. The summed E-state index contributed by atoms with van der Waals surface area (Å²) in [6.07, 6.45) is 3.32. The number of hydrogen-bond acceptors (Lipinski definition) is 10.